The Balaban J connectivity index is 1.89. The van der Waals surface area contributed by atoms with Crippen molar-refractivity contribution in [2.75, 3.05) is 11.5 Å². The molecule has 0 saturated carbocycles. The second-order valence-corrected chi connectivity index (χ2v) is 4.77. The summed E-state index contributed by atoms with van der Waals surface area (Å²) in [5.74, 6) is 2.81. The predicted octanol–water partition coefficient (Wildman–Crippen LogP) is 2.28. The summed E-state index contributed by atoms with van der Waals surface area (Å²) >= 11 is 1.75. The molecule has 3 rings (SSSR count). The van der Waals surface area contributed by atoms with Gasteiger partial charge in [0.2, 0.25) is 0 Å². The number of nitrogen functional groups attached to an aromatic ring is 1. The molecule has 0 bridgehead atoms. The van der Waals surface area contributed by atoms with Gasteiger partial charge in [-0.25, -0.2) is 9.97 Å². The van der Waals surface area contributed by atoms with Crippen molar-refractivity contribution >= 4 is 17.6 Å². The van der Waals surface area contributed by atoms with E-state index >= 15 is 0 Å². The molecule has 0 fully saturated rings. The lowest BCUT2D eigenvalue weighted by Crippen LogP contribution is -2.17. The largest absolute Gasteiger partial charge is 0.480 e. The molecule has 1 unspecified atom stereocenters. The maximum Gasteiger partial charge on any atom is 0.172 e. The third-order valence-electron chi connectivity index (χ3n) is 2.49. The lowest BCUT2D eigenvalue weighted by atomic mass is 10.3. The standard InChI is InChI=1S/C12H11N3OS/c13-11-5-6-14-12(15-11)9-7-17-10-4-2-1-3-8(10)16-9/h1-6,9H,7H2,(H2,13,14,15). The van der Waals surface area contributed by atoms with Gasteiger partial charge in [0.05, 0.1) is 0 Å². The third-order valence-corrected chi connectivity index (χ3v) is 3.61. The Bertz CT molecular complexity index is 547. The minimum atomic E-state index is -0.126. The van der Waals surface area contributed by atoms with Crippen molar-refractivity contribution in [3.8, 4) is 5.75 Å². The second-order valence-electron chi connectivity index (χ2n) is 3.70. The van der Waals surface area contributed by atoms with E-state index in [1.165, 1.54) is 0 Å². The number of para-hydroxylation sites is 1. The highest BCUT2D eigenvalue weighted by Gasteiger charge is 2.23. The Kier molecular flexibility index (Phi) is 2.60. The zero-order chi connectivity index (χ0) is 11.7. The fourth-order valence-corrected chi connectivity index (χ4v) is 2.67. The SMILES string of the molecule is Nc1ccnc(C2CSc3ccccc3O2)n1. The summed E-state index contributed by atoms with van der Waals surface area (Å²) in [5, 5.41) is 0. The number of nitrogens with two attached hydrogens (primary N) is 1. The Morgan fingerprint density at radius 2 is 2.18 bits per heavy atom. The van der Waals surface area contributed by atoms with Crippen molar-refractivity contribution in [1.82, 2.24) is 9.97 Å². The topological polar surface area (TPSA) is 61.0 Å². The first kappa shape index (κ1) is 10.4. The molecule has 17 heavy (non-hydrogen) atoms. The molecule has 5 heteroatoms. The smallest absolute Gasteiger partial charge is 0.172 e. The molecule has 0 spiro atoms. The molecule has 86 valence electrons. The van der Waals surface area contributed by atoms with Crippen molar-refractivity contribution in [3.63, 3.8) is 0 Å². The molecule has 2 N–H and O–H groups in total. The zero-order valence-electron chi connectivity index (χ0n) is 9.04. The number of benzene rings is 1. The van der Waals surface area contributed by atoms with Gasteiger partial charge in [-0.05, 0) is 18.2 Å². The molecule has 2 heterocycles. The van der Waals surface area contributed by atoms with Crippen LogP contribution in [0.25, 0.3) is 0 Å². The van der Waals surface area contributed by atoms with E-state index in [2.05, 4.69) is 16.0 Å². The molecule has 0 aliphatic carbocycles. The molecule has 1 atom stereocenters. The number of anilines is 1. The van der Waals surface area contributed by atoms with Crippen molar-refractivity contribution < 1.29 is 4.74 Å². The molecule has 1 aromatic heterocycles. The predicted molar refractivity (Wildman–Crippen MR) is 67.0 cm³/mol. The van der Waals surface area contributed by atoms with E-state index in [1.54, 1.807) is 24.0 Å². The minimum Gasteiger partial charge on any atom is -0.480 e. The van der Waals surface area contributed by atoms with Gasteiger partial charge in [0.1, 0.15) is 11.6 Å². The van der Waals surface area contributed by atoms with Gasteiger partial charge in [-0.1, -0.05) is 12.1 Å². The van der Waals surface area contributed by atoms with Crippen LogP contribution in [0.3, 0.4) is 0 Å². The van der Waals surface area contributed by atoms with Gasteiger partial charge in [-0.3, -0.25) is 0 Å². The summed E-state index contributed by atoms with van der Waals surface area (Å²) < 4.78 is 5.87. The first-order chi connectivity index (χ1) is 8.33. The van der Waals surface area contributed by atoms with E-state index < -0.39 is 0 Å². The van der Waals surface area contributed by atoms with Crippen LogP contribution in [-0.2, 0) is 0 Å². The number of ether oxygens (including phenoxy) is 1. The summed E-state index contributed by atoms with van der Waals surface area (Å²) in [6.07, 6.45) is 1.53. The molecule has 4 nitrogen and oxygen atoms in total. The molecular weight excluding hydrogens is 234 g/mol. The highest BCUT2D eigenvalue weighted by Crippen LogP contribution is 2.39. The van der Waals surface area contributed by atoms with Crippen LogP contribution in [-0.4, -0.2) is 15.7 Å². The van der Waals surface area contributed by atoms with Crippen LogP contribution >= 0.6 is 11.8 Å². The maximum absolute atomic E-state index is 5.87. The monoisotopic (exact) mass is 245 g/mol. The molecule has 0 radical (unpaired) electrons. The number of hydrogen-bond acceptors (Lipinski definition) is 5. The molecular formula is C12H11N3OS. The van der Waals surface area contributed by atoms with E-state index in [-0.39, 0.29) is 6.10 Å². The Hall–Kier alpha value is -1.75. The molecule has 0 saturated heterocycles. The van der Waals surface area contributed by atoms with Crippen LogP contribution in [0.1, 0.15) is 11.9 Å². The number of rotatable bonds is 1. The fourth-order valence-electron chi connectivity index (χ4n) is 1.69. The zero-order valence-corrected chi connectivity index (χ0v) is 9.85. The van der Waals surface area contributed by atoms with Crippen LogP contribution in [0.5, 0.6) is 5.75 Å². The summed E-state index contributed by atoms with van der Waals surface area (Å²) in [6, 6.07) is 9.65. The lowest BCUT2D eigenvalue weighted by molar-refractivity contribution is 0.210. The van der Waals surface area contributed by atoms with E-state index in [1.807, 2.05) is 18.2 Å². The maximum atomic E-state index is 5.87. The van der Waals surface area contributed by atoms with Crippen molar-refractivity contribution in [2.24, 2.45) is 0 Å². The van der Waals surface area contributed by atoms with Gasteiger partial charge < -0.3 is 10.5 Å². The number of hydrogen-bond donors (Lipinski definition) is 1. The molecule has 1 aliphatic heterocycles. The summed E-state index contributed by atoms with van der Waals surface area (Å²) in [5.41, 5.74) is 5.65. The Labute approximate surface area is 103 Å². The van der Waals surface area contributed by atoms with Crippen LogP contribution in [0.2, 0.25) is 0 Å². The number of fused-ring (bicyclic) bond motifs is 1. The summed E-state index contributed by atoms with van der Waals surface area (Å²) in [4.78, 5) is 9.56. The first-order valence-corrected chi connectivity index (χ1v) is 6.28. The second kappa shape index (κ2) is 4.25. The molecule has 1 aromatic carbocycles. The van der Waals surface area contributed by atoms with Crippen molar-refractivity contribution in [1.29, 1.82) is 0 Å². The van der Waals surface area contributed by atoms with Crippen LogP contribution in [0.15, 0.2) is 41.4 Å². The van der Waals surface area contributed by atoms with Gasteiger partial charge in [0.25, 0.3) is 0 Å². The summed E-state index contributed by atoms with van der Waals surface area (Å²) in [6.45, 7) is 0. The number of thioether (sulfide) groups is 1. The molecule has 0 amide bonds. The van der Waals surface area contributed by atoms with E-state index in [0.717, 1.165) is 16.4 Å². The van der Waals surface area contributed by atoms with Crippen molar-refractivity contribution in [3.05, 3.63) is 42.4 Å². The Morgan fingerprint density at radius 3 is 3.06 bits per heavy atom. The van der Waals surface area contributed by atoms with Crippen molar-refractivity contribution in [2.45, 2.75) is 11.0 Å². The first-order valence-electron chi connectivity index (χ1n) is 5.30. The van der Waals surface area contributed by atoms with Gasteiger partial charge in [0.15, 0.2) is 11.9 Å². The van der Waals surface area contributed by atoms with Gasteiger partial charge in [-0.2, -0.15) is 0 Å². The number of nitrogens with zero attached hydrogens (tertiary/aromatic N) is 2. The molecule has 1 aliphatic rings. The highest BCUT2D eigenvalue weighted by atomic mass is 32.2. The highest BCUT2D eigenvalue weighted by molar-refractivity contribution is 7.99. The summed E-state index contributed by atoms with van der Waals surface area (Å²) in [7, 11) is 0. The van der Waals surface area contributed by atoms with E-state index in [0.29, 0.717) is 11.6 Å². The fraction of sp³-hybridized carbons (Fsp3) is 0.167. The van der Waals surface area contributed by atoms with Crippen LogP contribution < -0.4 is 10.5 Å². The average Bonchev–Trinajstić information content (AvgIpc) is 2.38. The van der Waals surface area contributed by atoms with Crippen LogP contribution in [0.4, 0.5) is 5.82 Å². The van der Waals surface area contributed by atoms with Crippen LogP contribution in [0, 0.1) is 0 Å². The average molecular weight is 245 g/mol. The van der Waals surface area contributed by atoms with Gasteiger partial charge in [-0.15, -0.1) is 11.8 Å². The van der Waals surface area contributed by atoms with Gasteiger partial charge >= 0.3 is 0 Å². The van der Waals surface area contributed by atoms with E-state index in [9.17, 15) is 0 Å². The molecule has 2 aromatic rings. The third kappa shape index (κ3) is 2.06. The Morgan fingerprint density at radius 1 is 1.29 bits per heavy atom. The normalized spacial score (nSPS) is 18.2. The number of aromatic nitrogens is 2. The van der Waals surface area contributed by atoms with Gasteiger partial charge in [0, 0.05) is 16.8 Å². The van der Waals surface area contributed by atoms with E-state index in [4.69, 9.17) is 10.5 Å². The minimum absolute atomic E-state index is 0.126. The quantitative estimate of drug-likeness (QED) is 0.835. The lowest BCUT2D eigenvalue weighted by Gasteiger charge is -2.24.